The van der Waals surface area contributed by atoms with E-state index in [1.165, 1.54) is 5.56 Å². The Kier molecular flexibility index (Phi) is 3.86. The van der Waals surface area contributed by atoms with Gasteiger partial charge in [0, 0.05) is 31.5 Å². The first kappa shape index (κ1) is 13.0. The molecule has 20 heavy (non-hydrogen) atoms. The van der Waals surface area contributed by atoms with E-state index in [0.29, 0.717) is 13.0 Å². The van der Waals surface area contributed by atoms with Gasteiger partial charge < -0.3 is 9.32 Å². The smallest absolute Gasteiger partial charge is 0.222 e. The van der Waals surface area contributed by atoms with E-state index in [0.717, 1.165) is 37.1 Å². The first-order valence-corrected chi connectivity index (χ1v) is 7.20. The zero-order chi connectivity index (χ0) is 13.8. The number of rotatable bonds is 4. The molecule has 1 aliphatic rings. The Balaban J connectivity index is 1.48. The van der Waals surface area contributed by atoms with Gasteiger partial charge >= 0.3 is 0 Å². The van der Waals surface area contributed by atoms with Crippen LogP contribution in [0, 0.1) is 0 Å². The van der Waals surface area contributed by atoms with Crippen molar-refractivity contribution in [3.63, 3.8) is 0 Å². The molecule has 0 unspecified atom stereocenters. The van der Waals surface area contributed by atoms with Gasteiger partial charge in [0.2, 0.25) is 5.91 Å². The minimum Gasteiger partial charge on any atom is -0.469 e. The molecule has 0 saturated carbocycles. The number of carbonyl (C=O) groups excluding carboxylic acids is 1. The fourth-order valence-corrected chi connectivity index (χ4v) is 2.71. The maximum absolute atomic E-state index is 12.2. The number of aryl methyl sites for hydroxylation is 1. The monoisotopic (exact) mass is 269 g/mol. The second kappa shape index (κ2) is 5.95. The lowest BCUT2D eigenvalue weighted by Crippen LogP contribution is -2.35. The fourth-order valence-electron chi connectivity index (χ4n) is 2.71. The summed E-state index contributed by atoms with van der Waals surface area (Å²) in [6, 6.07) is 12.3. The molecular formula is C17H19NO2. The van der Waals surface area contributed by atoms with E-state index in [4.69, 9.17) is 4.42 Å². The Bertz CT molecular complexity index is 574. The number of hydrogen-bond acceptors (Lipinski definition) is 2. The van der Waals surface area contributed by atoms with Crippen molar-refractivity contribution in [2.45, 2.75) is 32.2 Å². The second-order valence-electron chi connectivity index (χ2n) is 5.27. The molecule has 104 valence electrons. The van der Waals surface area contributed by atoms with E-state index >= 15 is 0 Å². The summed E-state index contributed by atoms with van der Waals surface area (Å²) >= 11 is 0. The maximum atomic E-state index is 12.2. The summed E-state index contributed by atoms with van der Waals surface area (Å²) in [5.41, 5.74) is 2.46. The van der Waals surface area contributed by atoms with E-state index in [1.54, 1.807) is 6.26 Å². The normalized spacial score (nSPS) is 14.1. The lowest BCUT2D eigenvalue weighted by Gasteiger charge is -2.26. The van der Waals surface area contributed by atoms with Crippen molar-refractivity contribution in [2.24, 2.45) is 0 Å². The highest BCUT2D eigenvalue weighted by Crippen LogP contribution is 2.20. The summed E-state index contributed by atoms with van der Waals surface area (Å²) in [6.45, 7) is 1.49. The lowest BCUT2D eigenvalue weighted by molar-refractivity contribution is -0.132. The molecule has 1 aliphatic heterocycles. The van der Waals surface area contributed by atoms with Crippen LogP contribution in [0.5, 0.6) is 0 Å². The summed E-state index contributed by atoms with van der Waals surface area (Å²) in [5, 5.41) is 0. The highest BCUT2D eigenvalue weighted by Gasteiger charge is 2.21. The van der Waals surface area contributed by atoms with Gasteiger partial charge in [-0.2, -0.15) is 0 Å². The molecule has 0 atom stereocenters. The molecule has 0 radical (unpaired) electrons. The Morgan fingerprint density at radius 2 is 2.05 bits per heavy atom. The van der Waals surface area contributed by atoms with Crippen LogP contribution in [-0.2, 0) is 24.2 Å². The van der Waals surface area contributed by atoms with Crippen LogP contribution in [0.2, 0.25) is 0 Å². The predicted octanol–water partition coefficient (Wildman–Crippen LogP) is 3.19. The van der Waals surface area contributed by atoms with Crippen molar-refractivity contribution in [3.8, 4) is 0 Å². The summed E-state index contributed by atoms with van der Waals surface area (Å²) in [4.78, 5) is 14.2. The van der Waals surface area contributed by atoms with Gasteiger partial charge in [0.05, 0.1) is 6.26 Å². The molecule has 3 nitrogen and oxygen atoms in total. The molecule has 2 heterocycles. The van der Waals surface area contributed by atoms with Gasteiger partial charge in [0.1, 0.15) is 5.76 Å². The van der Waals surface area contributed by atoms with Crippen LogP contribution < -0.4 is 0 Å². The van der Waals surface area contributed by atoms with E-state index in [2.05, 4.69) is 12.1 Å². The van der Waals surface area contributed by atoms with Crippen molar-refractivity contribution in [1.82, 2.24) is 4.90 Å². The summed E-state index contributed by atoms with van der Waals surface area (Å²) in [7, 11) is 0. The molecule has 1 aromatic carbocycles. The van der Waals surface area contributed by atoms with Crippen molar-refractivity contribution in [3.05, 3.63) is 59.5 Å². The average molecular weight is 269 g/mol. The molecule has 1 amide bonds. The third-order valence-corrected chi connectivity index (χ3v) is 3.86. The third kappa shape index (κ3) is 2.93. The molecule has 3 rings (SSSR count). The largest absolute Gasteiger partial charge is 0.469 e. The average Bonchev–Trinajstić information content (AvgIpc) is 2.95. The summed E-state index contributed by atoms with van der Waals surface area (Å²) in [5.74, 6) is 1.30. The lowest BCUT2D eigenvalue weighted by atomic mass is 10.1. The Morgan fingerprint density at radius 1 is 1.20 bits per heavy atom. The van der Waals surface area contributed by atoms with E-state index in [1.807, 2.05) is 29.2 Å². The van der Waals surface area contributed by atoms with E-state index < -0.39 is 0 Å². The predicted molar refractivity (Wildman–Crippen MR) is 77.2 cm³/mol. The quantitative estimate of drug-likeness (QED) is 0.854. The van der Waals surface area contributed by atoms with Crippen LogP contribution in [-0.4, -0.2) is 17.4 Å². The van der Waals surface area contributed by atoms with Gasteiger partial charge in [0.15, 0.2) is 0 Å². The molecule has 0 spiro atoms. The van der Waals surface area contributed by atoms with E-state index in [9.17, 15) is 4.79 Å². The van der Waals surface area contributed by atoms with Gasteiger partial charge in [-0.05, 0) is 24.5 Å². The maximum Gasteiger partial charge on any atom is 0.222 e. The minimum atomic E-state index is 0.257. The Hall–Kier alpha value is -2.03. The van der Waals surface area contributed by atoms with Crippen LogP contribution in [0.1, 0.15) is 29.7 Å². The molecule has 0 bridgehead atoms. The minimum absolute atomic E-state index is 0.257. The van der Waals surface area contributed by atoms with Crippen molar-refractivity contribution in [1.29, 1.82) is 0 Å². The van der Waals surface area contributed by atoms with Crippen LogP contribution in [0.3, 0.4) is 0 Å². The highest BCUT2D eigenvalue weighted by molar-refractivity contribution is 5.76. The number of hydrogen-bond donors (Lipinski definition) is 0. The topological polar surface area (TPSA) is 33.5 Å². The summed E-state index contributed by atoms with van der Waals surface area (Å²) in [6.07, 6.45) is 5.07. The Morgan fingerprint density at radius 3 is 2.90 bits per heavy atom. The van der Waals surface area contributed by atoms with Gasteiger partial charge in [-0.3, -0.25) is 4.79 Å². The van der Waals surface area contributed by atoms with E-state index in [-0.39, 0.29) is 5.91 Å². The molecule has 0 aliphatic carbocycles. The molecule has 2 aromatic rings. The molecular weight excluding hydrogens is 250 g/mol. The molecule has 1 aromatic heterocycles. The van der Waals surface area contributed by atoms with Crippen molar-refractivity contribution >= 4 is 5.91 Å². The SMILES string of the molecule is O=C(CCCc1ccccc1)N1CCc2occc2C1. The molecule has 0 fully saturated rings. The standard InChI is InChI=1S/C17H19NO2/c19-17(8-4-7-14-5-2-1-3-6-14)18-11-9-16-15(13-18)10-12-20-16/h1-3,5-6,10,12H,4,7-9,11,13H2. The first-order chi connectivity index (χ1) is 9.83. The van der Waals surface area contributed by atoms with Crippen LogP contribution in [0.4, 0.5) is 0 Å². The van der Waals surface area contributed by atoms with Crippen LogP contribution in [0.15, 0.2) is 47.1 Å². The third-order valence-electron chi connectivity index (χ3n) is 3.86. The number of benzene rings is 1. The number of fused-ring (bicyclic) bond motifs is 1. The highest BCUT2D eigenvalue weighted by atomic mass is 16.3. The second-order valence-corrected chi connectivity index (χ2v) is 5.27. The first-order valence-electron chi connectivity index (χ1n) is 7.20. The number of amides is 1. The number of nitrogens with zero attached hydrogens (tertiary/aromatic N) is 1. The fraction of sp³-hybridized carbons (Fsp3) is 0.353. The zero-order valence-corrected chi connectivity index (χ0v) is 11.5. The molecule has 3 heteroatoms. The van der Waals surface area contributed by atoms with Gasteiger partial charge in [-0.15, -0.1) is 0 Å². The van der Waals surface area contributed by atoms with Gasteiger partial charge in [-0.25, -0.2) is 0 Å². The van der Waals surface area contributed by atoms with Crippen molar-refractivity contribution < 1.29 is 9.21 Å². The molecule has 0 N–H and O–H groups in total. The summed E-state index contributed by atoms with van der Waals surface area (Å²) < 4.78 is 5.39. The van der Waals surface area contributed by atoms with Crippen LogP contribution in [0.25, 0.3) is 0 Å². The molecule has 0 saturated heterocycles. The van der Waals surface area contributed by atoms with Crippen LogP contribution >= 0.6 is 0 Å². The van der Waals surface area contributed by atoms with Gasteiger partial charge in [-0.1, -0.05) is 30.3 Å². The van der Waals surface area contributed by atoms with Gasteiger partial charge in [0.25, 0.3) is 0 Å². The Labute approximate surface area is 119 Å². The zero-order valence-electron chi connectivity index (χ0n) is 11.5. The van der Waals surface area contributed by atoms with Crippen molar-refractivity contribution in [2.75, 3.05) is 6.54 Å². The number of furan rings is 1. The number of carbonyl (C=O) groups is 1.